The Kier molecular flexibility index (Phi) is 6.43. The molecule has 6 rings (SSSR count). The Labute approximate surface area is 227 Å². The molecule has 1 saturated heterocycles. The first-order chi connectivity index (χ1) is 18.3. The van der Waals surface area contributed by atoms with Crippen LogP contribution >= 0.6 is 0 Å². The van der Waals surface area contributed by atoms with E-state index in [0.29, 0.717) is 5.92 Å². The molecule has 0 spiro atoms. The number of ether oxygens (including phenoxy) is 1. The number of fused-ring (bicyclic) bond motifs is 8. The van der Waals surface area contributed by atoms with Gasteiger partial charge in [0.15, 0.2) is 0 Å². The lowest BCUT2D eigenvalue weighted by Gasteiger charge is -2.54. The molecule has 0 amide bonds. The van der Waals surface area contributed by atoms with Crippen molar-refractivity contribution in [3.05, 3.63) is 59.2 Å². The zero-order valence-electron chi connectivity index (χ0n) is 23.8. The number of carbonyl (C=O) groups is 1. The van der Waals surface area contributed by atoms with Crippen molar-refractivity contribution >= 4 is 16.9 Å². The predicted octanol–water partition coefficient (Wildman–Crippen LogP) is 6.06. The summed E-state index contributed by atoms with van der Waals surface area (Å²) in [6.45, 7) is 15.4. The molecule has 1 aromatic heterocycles. The minimum atomic E-state index is -0.571. The van der Waals surface area contributed by atoms with Gasteiger partial charge in [-0.15, -0.1) is 0 Å². The monoisotopic (exact) mass is 513 g/mol. The summed E-state index contributed by atoms with van der Waals surface area (Å²) in [6.07, 6.45) is 2.97. The fourth-order valence-electron chi connectivity index (χ4n) is 8.13. The zero-order valence-corrected chi connectivity index (χ0v) is 23.8. The third kappa shape index (κ3) is 3.76. The minimum absolute atomic E-state index is 0.0638. The second-order valence-corrected chi connectivity index (χ2v) is 12.6. The van der Waals surface area contributed by atoms with E-state index >= 15 is 0 Å². The van der Waals surface area contributed by atoms with E-state index < -0.39 is 5.41 Å². The molecular formula is C33H43N3O2. The average molecular weight is 514 g/mol. The Morgan fingerprint density at radius 1 is 1.08 bits per heavy atom. The van der Waals surface area contributed by atoms with Gasteiger partial charge in [-0.2, -0.15) is 0 Å². The molecule has 2 heterocycles. The number of benzene rings is 2. The molecule has 1 saturated carbocycles. The van der Waals surface area contributed by atoms with Crippen LogP contribution in [0.4, 0.5) is 0 Å². The molecule has 3 atom stereocenters. The van der Waals surface area contributed by atoms with Crippen LogP contribution in [0.25, 0.3) is 22.2 Å². The summed E-state index contributed by atoms with van der Waals surface area (Å²) in [6, 6.07) is 16.1. The van der Waals surface area contributed by atoms with E-state index in [9.17, 15) is 4.79 Å². The number of nitrogens with one attached hydrogen (secondary N) is 1. The van der Waals surface area contributed by atoms with Gasteiger partial charge < -0.3 is 14.6 Å². The first kappa shape index (κ1) is 25.6. The number of nitrogens with zero attached hydrogens (tertiary/aromatic N) is 2. The number of piperazine rings is 1. The summed E-state index contributed by atoms with van der Waals surface area (Å²) in [4.78, 5) is 16.2. The lowest BCUT2D eigenvalue weighted by atomic mass is 9.49. The second-order valence-electron chi connectivity index (χ2n) is 12.6. The number of para-hydroxylation sites is 1. The third-order valence-electron chi connectivity index (χ3n) is 10.0. The third-order valence-corrected chi connectivity index (χ3v) is 10.0. The molecule has 0 bridgehead atoms. The highest BCUT2D eigenvalue weighted by molar-refractivity contribution is 5.96. The van der Waals surface area contributed by atoms with Gasteiger partial charge in [0.1, 0.15) is 0 Å². The molecule has 1 N–H and O–H groups in total. The number of methoxy groups -OCH3 is 1. The quantitative estimate of drug-likeness (QED) is 0.422. The topological polar surface area (TPSA) is 46.5 Å². The highest BCUT2D eigenvalue weighted by Gasteiger charge is 2.58. The van der Waals surface area contributed by atoms with Crippen LogP contribution in [0.3, 0.4) is 0 Å². The van der Waals surface area contributed by atoms with Gasteiger partial charge in [0, 0.05) is 67.1 Å². The largest absolute Gasteiger partial charge is 0.469 e. The lowest BCUT2D eigenvalue weighted by Crippen LogP contribution is -2.50. The minimum Gasteiger partial charge on any atom is -0.469 e. The van der Waals surface area contributed by atoms with E-state index in [1.165, 1.54) is 38.9 Å². The van der Waals surface area contributed by atoms with Crippen molar-refractivity contribution in [1.29, 1.82) is 0 Å². The number of aromatic nitrogens is 1. The van der Waals surface area contributed by atoms with Gasteiger partial charge in [0.05, 0.1) is 18.2 Å². The molecule has 2 aromatic carbocycles. The van der Waals surface area contributed by atoms with Crippen LogP contribution in [0.15, 0.2) is 42.5 Å². The van der Waals surface area contributed by atoms with Crippen LogP contribution in [-0.2, 0) is 21.5 Å². The highest BCUT2D eigenvalue weighted by Crippen LogP contribution is 2.65. The lowest BCUT2D eigenvalue weighted by molar-refractivity contribution is -0.157. The standard InChI is InChI=1S/C33H43N3O2/c1-22(2)23-11-12-26-25(21-23)29-28(30-32(26,3)13-8-14-33(30,4)31(37)38-5)24-9-6-7-10-27(24)36(29)20-19-35-17-15-34-16-18-35/h6-7,9-12,21-22,30,34H,8,13-20H2,1-5H3/t30?,32-,33-/m1/s1. The molecule has 2 fully saturated rings. The average Bonchev–Trinajstić information content (AvgIpc) is 3.25. The molecule has 202 valence electrons. The smallest absolute Gasteiger partial charge is 0.312 e. The van der Waals surface area contributed by atoms with Crippen molar-refractivity contribution in [2.45, 2.75) is 70.8 Å². The Hall–Kier alpha value is -2.63. The molecule has 38 heavy (non-hydrogen) atoms. The highest BCUT2D eigenvalue weighted by atomic mass is 16.5. The fraction of sp³-hybridized carbons (Fsp3) is 0.545. The summed E-state index contributed by atoms with van der Waals surface area (Å²) >= 11 is 0. The zero-order chi connectivity index (χ0) is 26.7. The van der Waals surface area contributed by atoms with Crippen molar-refractivity contribution in [3.8, 4) is 11.3 Å². The van der Waals surface area contributed by atoms with Gasteiger partial charge >= 0.3 is 5.97 Å². The summed E-state index contributed by atoms with van der Waals surface area (Å²) < 4.78 is 8.11. The molecule has 3 aliphatic rings. The number of hydrogen-bond donors (Lipinski definition) is 1. The van der Waals surface area contributed by atoms with Gasteiger partial charge in [0.2, 0.25) is 0 Å². The predicted molar refractivity (Wildman–Crippen MR) is 155 cm³/mol. The molecule has 3 aromatic rings. The van der Waals surface area contributed by atoms with Crippen LogP contribution in [0.5, 0.6) is 0 Å². The van der Waals surface area contributed by atoms with Crippen LogP contribution < -0.4 is 5.32 Å². The van der Waals surface area contributed by atoms with Gasteiger partial charge in [0.25, 0.3) is 0 Å². The van der Waals surface area contributed by atoms with Gasteiger partial charge in [-0.3, -0.25) is 9.69 Å². The Morgan fingerprint density at radius 3 is 2.58 bits per heavy atom. The summed E-state index contributed by atoms with van der Waals surface area (Å²) in [7, 11) is 1.56. The van der Waals surface area contributed by atoms with E-state index in [1.807, 2.05) is 0 Å². The van der Waals surface area contributed by atoms with Crippen LogP contribution in [-0.4, -0.2) is 55.3 Å². The molecule has 5 heteroatoms. The van der Waals surface area contributed by atoms with Crippen molar-refractivity contribution in [3.63, 3.8) is 0 Å². The van der Waals surface area contributed by atoms with E-state index in [4.69, 9.17) is 4.74 Å². The summed E-state index contributed by atoms with van der Waals surface area (Å²) in [5, 5.41) is 4.79. The molecule has 0 radical (unpaired) electrons. The van der Waals surface area contributed by atoms with Crippen molar-refractivity contribution in [2.24, 2.45) is 5.41 Å². The SMILES string of the molecule is COC(=O)[C@]1(C)CCC[C@]2(C)c3ccc(C(C)C)cc3-c3c(c4ccccc4n3CCN3CCNCC3)C12. The first-order valence-electron chi connectivity index (χ1n) is 14.6. The van der Waals surface area contributed by atoms with Crippen molar-refractivity contribution in [2.75, 3.05) is 39.8 Å². The van der Waals surface area contributed by atoms with Gasteiger partial charge in [-0.1, -0.05) is 57.5 Å². The summed E-state index contributed by atoms with van der Waals surface area (Å²) in [5.41, 5.74) is 7.43. The normalized spacial score (nSPS) is 27.2. The summed E-state index contributed by atoms with van der Waals surface area (Å²) in [5.74, 6) is 0.452. The molecule has 5 nitrogen and oxygen atoms in total. The number of rotatable bonds is 5. The Morgan fingerprint density at radius 2 is 1.84 bits per heavy atom. The number of hydrogen-bond acceptors (Lipinski definition) is 4. The molecule has 1 aliphatic heterocycles. The Bertz CT molecular complexity index is 1370. The number of carbonyl (C=O) groups excluding carboxylic acids is 1. The van der Waals surface area contributed by atoms with Gasteiger partial charge in [-0.05, 0) is 54.5 Å². The maximum atomic E-state index is 13.6. The van der Waals surface area contributed by atoms with E-state index in [1.54, 1.807) is 7.11 Å². The maximum Gasteiger partial charge on any atom is 0.312 e. The maximum absolute atomic E-state index is 13.6. The van der Waals surface area contributed by atoms with Crippen LogP contribution in [0, 0.1) is 5.41 Å². The van der Waals surface area contributed by atoms with Crippen molar-refractivity contribution < 1.29 is 9.53 Å². The first-order valence-corrected chi connectivity index (χ1v) is 14.6. The molecular weight excluding hydrogens is 470 g/mol. The van der Waals surface area contributed by atoms with Gasteiger partial charge in [-0.25, -0.2) is 0 Å². The fourth-order valence-corrected chi connectivity index (χ4v) is 8.13. The second kappa shape index (κ2) is 9.53. The van der Waals surface area contributed by atoms with E-state index in [0.717, 1.165) is 58.5 Å². The Balaban J connectivity index is 1.63. The molecule has 1 unspecified atom stereocenters. The molecule has 2 aliphatic carbocycles. The number of esters is 1. The van der Waals surface area contributed by atoms with Crippen molar-refractivity contribution in [1.82, 2.24) is 14.8 Å². The van der Waals surface area contributed by atoms with Crippen LogP contribution in [0.1, 0.15) is 75.5 Å². The van der Waals surface area contributed by atoms with E-state index in [-0.39, 0.29) is 17.3 Å². The van der Waals surface area contributed by atoms with E-state index in [2.05, 4.69) is 84.9 Å². The van der Waals surface area contributed by atoms with Crippen LogP contribution in [0.2, 0.25) is 0 Å².